The number of carbonyl (C=O) groups is 1. The van der Waals surface area contributed by atoms with Gasteiger partial charge in [0.05, 0.1) is 11.2 Å². The molecule has 0 fully saturated rings. The maximum Gasteiger partial charge on any atom is 0.241 e. The van der Waals surface area contributed by atoms with Crippen molar-refractivity contribution >= 4 is 16.8 Å². The van der Waals surface area contributed by atoms with Gasteiger partial charge in [-0.25, -0.2) is 4.39 Å². The predicted octanol–water partition coefficient (Wildman–Crippen LogP) is 4.62. The van der Waals surface area contributed by atoms with Crippen LogP contribution in [0.3, 0.4) is 0 Å². The Labute approximate surface area is 189 Å². The van der Waals surface area contributed by atoms with Gasteiger partial charge in [-0.3, -0.25) is 19.4 Å². The molecule has 0 aliphatic rings. The van der Waals surface area contributed by atoms with E-state index in [-0.39, 0.29) is 18.3 Å². The van der Waals surface area contributed by atoms with Crippen LogP contribution in [-0.2, 0) is 17.9 Å². The number of nitrogens with one attached hydrogen (secondary N) is 1. The van der Waals surface area contributed by atoms with Gasteiger partial charge in [-0.15, -0.1) is 0 Å². The number of hydrogen-bond donors (Lipinski definition) is 1. The van der Waals surface area contributed by atoms with Crippen molar-refractivity contribution in [3.05, 3.63) is 103 Å². The fraction of sp³-hybridized carbons (Fsp3) is 0.0769. The number of nitrogens with zero attached hydrogens (tertiary/aromatic N) is 4. The van der Waals surface area contributed by atoms with Gasteiger partial charge >= 0.3 is 0 Å². The Bertz CT molecular complexity index is 1410. The highest BCUT2D eigenvalue weighted by molar-refractivity contribution is 5.97. The van der Waals surface area contributed by atoms with E-state index in [1.807, 2.05) is 54.7 Å². The van der Waals surface area contributed by atoms with Gasteiger partial charge in [-0.05, 0) is 47.5 Å². The van der Waals surface area contributed by atoms with Crippen molar-refractivity contribution in [2.24, 2.45) is 0 Å². The van der Waals surface area contributed by atoms with Gasteiger partial charge in [-0.1, -0.05) is 36.4 Å². The molecule has 0 saturated heterocycles. The fourth-order valence-corrected chi connectivity index (χ4v) is 3.73. The topological polar surface area (TPSA) is 72.7 Å². The smallest absolute Gasteiger partial charge is 0.241 e. The van der Waals surface area contributed by atoms with E-state index < -0.39 is 0 Å². The van der Waals surface area contributed by atoms with Crippen molar-refractivity contribution in [3.8, 4) is 22.5 Å². The van der Waals surface area contributed by atoms with Gasteiger partial charge in [0, 0.05) is 36.1 Å². The van der Waals surface area contributed by atoms with Crippen LogP contribution < -0.4 is 5.32 Å². The number of aromatic nitrogens is 4. The summed E-state index contributed by atoms with van der Waals surface area (Å²) in [5, 5.41) is 8.55. The minimum absolute atomic E-state index is 0.0457. The number of rotatable bonds is 6. The average Bonchev–Trinajstić information content (AvgIpc) is 3.27. The van der Waals surface area contributed by atoms with Gasteiger partial charge in [0.15, 0.2) is 0 Å². The van der Waals surface area contributed by atoms with Crippen LogP contribution in [0, 0.1) is 5.82 Å². The first-order valence-corrected chi connectivity index (χ1v) is 10.5. The van der Waals surface area contributed by atoms with Gasteiger partial charge in [-0.2, -0.15) is 5.10 Å². The zero-order valence-electron chi connectivity index (χ0n) is 17.6. The number of hydrogen-bond acceptors (Lipinski definition) is 4. The highest BCUT2D eigenvalue weighted by Crippen LogP contribution is 2.34. The van der Waals surface area contributed by atoms with E-state index in [0.717, 1.165) is 33.3 Å². The molecule has 0 radical (unpaired) electrons. The molecule has 3 heterocycles. The number of carbonyl (C=O) groups excluding carboxylic acids is 1. The van der Waals surface area contributed by atoms with Crippen molar-refractivity contribution in [1.29, 1.82) is 0 Å². The summed E-state index contributed by atoms with van der Waals surface area (Å²) in [4.78, 5) is 21.5. The molecule has 0 unspecified atom stereocenters. The number of fused-ring (bicyclic) bond motifs is 1. The molecule has 1 amide bonds. The van der Waals surface area contributed by atoms with E-state index in [4.69, 9.17) is 5.10 Å². The van der Waals surface area contributed by atoms with Gasteiger partial charge in [0.25, 0.3) is 0 Å². The molecule has 0 saturated carbocycles. The molecule has 162 valence electrons. The average molecular weight is 437 g/mol. The molecule has 5 rings (SSSR count). The lowest BCUT2D eigenvalue weighted by Crippen LogP contribution is -2.27. The second-order valence-corrected chi connectivity index (χ2v) is 7.58. The van der Waals surface area contributed by atoms with Crippen LogP contribution in [-0.4, -0.2) is 25.7 Å². The van der Waals surface area contributed by atoms with E-state index in [1.54, 1.807) is 29.2 Å². The van der Waals surface area contributed by atoms with E-state index in [9.17, 15) is 9.18 Å². The lowest BCUT2D eigenvalue weighted by Gasteiger charge is -2.06. The van der Waals surface area contributed by atoms with Crippen LogP contribution >= 0.6 is 0 Å². The second kappa shape index (κ2) is 9.00. The van der Waals surface area contributed by atoms with Crippen LogP contribution in [0.4, 0.5) is 4.39 Å². The summed E-state index contributed by atoms with van der Waals surface area (Å²) in [7, 11) is 0. The van der Waals surface area contributed by atoms with Crippen molar-refractivity contribution in [3.63, 3.8) is 0 Å². The largest absolute Gasteiger partial charge is 0.350 e. The summed E-state index contributed by atoms with van der Waals surface area (Å²) in [5.41, 5.74) is 4.96. The molecule has 0 atom stereocenters. The first-order chi connectivity index (χ1) is 16.2. The molecule has 33 heavy (non-hydrogen) atoms. The van der Waals surface area contributed by atoms with Crippen molar-refractivity contribution in [1.82, 2.24) is 25.1 Å². The summed E-state index contributed by atoms with van der Waals surface area (Å²) in [6, 6.07) is 21.6. The fourth-order valence-electron chi connectivity index (χ4n) is 3.73. The van der Waals surface area contributed by atoms with Crippen LogP contribution in [0.5, 0.6) is 0 Å². The zero-order valence-corrected chi connectivity index (χ0v) is 17.6. The first kappa shape index (κ1) is 20.5. The Balaban J connectivity index is 1.46. The van der Waals surface area contributed by atoms with Gasteiger partial charge in [0.1, 0.15) is 18.1 Å². The molecule has 1 N–H and O–H groups in total. The monoisotopic (exact) mass is 437 g/mol. The number of benzene rings is 2. The Hall–Kier alpha value is -4.39. The lowest BCUT2D eigenvalue weighted by molar-refractivity contribution is -0.122. The summed E-state index contributed by atoms with van der Waals surface area (Å²) in [5.74, 6) is -0.500. The van der Waals surface area contributed by atoms with Crippen molar-refractivity contribution in [2.75, 3.05) is 0 Å². The lowest BCUT2D eigenvalue weighted by atomic mass is 10.0. The Morgan fingerprint density at radius 2 is 1.70 bits per heavy atom. The minimum atomic E-state index is -0.306. The molecular weight excluding hydrogens is 417 g/mol. The standard InChI is InChI=1S/C26H20FN5O/c27-19-10-8-18(9-11-19)15-30-25(33)17-32-16-22(26(31-32)24-7-3-4-13-28-24)20-12-14-29-23-6-2-1-5-21(20)23/h1-14,16H,15,17H2,(H,30,33). The third kappa shape index (κ3) is 4.48. The Kier molecular flexibility index (Phi) is 5.59. The van der Waals surface area contributed by atoms with Crippen LogP contribution in [0.15, 0.2) is 91.4 Å². The molecule has 2 aromatic carbocycles. The second-order valence-electron chi connectivity index (χ2n) is 7.58. The predicted molar refractivity (Wildman–Crippen MR) is 124 cm³/mol. The normalized spacial score (nSPS) is 10.9. The molecule has 3 aromatic heterocycles. The molecule has 0 spiro atoms. The zero-order chi connectivity index (χ0) is 22.6. The SMILES string of the molecule is O=C(Cn1cc(-c2ccnc3ccccc23)c(-c2ccccn2)n1)NCc1ccc(F)cc1. The number of pyridine rings is 2. The Morgan fingerprint density at radius 3 is 2.52 bits per heavy atom. The van der Waals surface area contributed by atoms with Crippen molar-refractivity contribution < 1.29 is 9.18 Å². The van der Waals surface area contributed by atoms with E-state index in [1.165, 1.54) is 12.1 Å². The maximum atomic E-state index is 13.1. The van der Waals surface area contributed by atoms with Gasteiger partial charge < -0.3 is 5.32 Å². The van der Waals surface area contributed by atoms with Crippen LogP contribution in [0.25, 0.3) is 33.4 Å². The summed E-state index contributed by atoms with van der Waals surface area (Å²) < 4.78 is 14.7. The molecule has 0 aliphatic carbocycles. The van der Waals surface area contributed by atoms with E-state index in [0.29, 0.717) is 12.2 Å². The quantitative estimate of drug-likeness (QED) is 0.421. The van der Waals surface area contributed by atoms with E-state index in [2.05, 4.69) is 15.3 Å². The molecule has 0 bridgehead atoms. The molecule has 0 aliphatic heterocycles. The van der Waals surface area contributed by atoms with Crippen LogP contribution in [0.2, 0.25) is 0 Å². The maximum absolute atomic E-state index is 13.1. The molecule has 6 nitrogen and oxygen atoms in total. The molecule has 7 heteroatoms. The minimum Gasteiger partial charge on any atom is -0.350 e. The summed E-state index contributed by atoms with van der Waals surface area (Å²) >= 11 is 0. The number of halogens is 1. The molecule has 5 aromatic rings. The van der Waals surface area contributed by atoms with Crippen molar-refractivity contribution in [2.45, 2.75) is 13.1 Å². The van der Waals surface area contributed by atoms with Crippen LogP contribution in [0.1, 0.15) is 5.56 Å². The van der Waals surface area contributed by atoms with E-state index >= 15 is 0 Å². The third-order valence-electron chi connectivity index (χ3n) is 5.32. The first-order valence-electron chi connectivity index (χ1n) is 10.5. The summed E-state index contributed by atoms with van der Waals surface area (Å²) in [6.07, 6.45) is 5.36. The summed E-state index contributed by atoms with van der Waals surface area (Å²) in [6.45, 7) is 0.360. The Morgan fingerprint density at radius 1 is 0.879 bits per heavy atom. The number of para-hydroxylation sites is 1. The third-order valence-corrected chi connectivity index (χ3v) is 5.32. The van der Waals surface area contributed by atoms with Gasteiger partial charge in [0.2, 0.25) is 5.91 Å². The highest BCUT2D eigenvalue weighted by atomic mass is 19.1. The number of amides is 1. The highest BCUT2D eigenvalue weighted by Gasteiger charge is 2.17. The molecular formula is C26H20FN5O.